The number of hydrogen-bond acceptors (Lipinski definition) is 4. The van der Waals surface area contributed by atoms with Crippen LogP contribution in [0.25, 0.3) is 11.0 Å². The topological polar surface area (TPSA) is 84.3 Å². The SMILES string of the molecule is CN1C(=O)c2ccc(C(=O)Nc3nc4ccccc4n3C3CCCCC3)cc2C1=O. The number of amides is 3. The minimum atomic E-state index is -0.390. The fourth-order valence-electron chi connectivity index (χ4n) is 4.52. The molecule has 5 rings (SSSR count). The van der Waals surface area contributed by atoms with Crippen LogP contribution in [0.1, 0.15) is 69.2 Å². The van der Waals surface area contributed by atoms with Crippen LogP contribution < -0.4 is 5.32 Å². The zero-order valence-corrected chi connectivity index (χ0v) is 16.7. The Kier molecular flexibility index (Phi) is 4.38. The van der Waals surface area contributed by atoms with Crippen molar-refractivity contribution < 1.29 is 14.4 Å². The number of hydrogen-bond donors (Lipinski definition) is 1. The number of imidazole rings is 1. The van der Waals surface area contributed by atoms with E-state index in [0.29, 0.717) is 23.1 Å². The Morgan fingerprint density at radius 3 is 2.53 bits per heavy atom. The van der Waals surface area contributed by atoms with Crippen LogP contribution in [0.4, 0.5) is 5.95 Å². The van der Waals surface area contributed by atoms with Gasteiger partial charge in [-0.2, -0.15) is 0 Å². The lowest BCUT2D eigenvalue weighted by Gasteiger charge is -2.25. The molecule has 0 radical (unpaired) electrons. The van der Waals surface area contributed by atoms with Gasteiger partial charge in [0.05, 0.1) is 22.2 Å². The van der Waals surface area contributed by atoms with E-state index >= 15 is 0 Å². The maximum Gasteiger partial charge on any atom is 0.261 e. The van der Waals surface area contributed by atoms with E-state index in [4.69, 9.17) is 0 Å². The van der Waals surface area contributed by atoms with Crippen molar-refractivity contribution in [1.82, 2.24) is 14.5 Å². The molecule has 7 heteroatoms. The van der Waals surface area contributed by atoms with Gasteiger partial charge in [-0.1, -0.05) is 31.4 Å². The molecule has 0 saturated heterocycles. The van der Waals surface area contributed by atoms with E-state index in [0.717, 1.165) is 28.8 Å². The average Bonchev–Trinajstić information content (AvgIpc) is 3.24. The number of para-hydroxylation sites is 2. The third kappa shape index (κ3) is 2.89. The van der Waals surface area contributed by atoms with Gasteiger partial charge in [0.25, 0.3) is 17.7 Å². The zero-order valence-electron chi connectivity index (χ0n) is 16.7. The monoisotopic (exact) mass is 402 g/mol. The van der Waals surface area contributed by atoms with Crippen molar-refractivity contribution in [1.29, 1.82) is 0 Å². The summed E-state index contributed by atoms with van der Waals surface area (Å²) in [7, 11) is 1.44. The van der Waals surface area contributed by atoms with Gasteiger partial charge in [-0.05, 0) is 43.2 Å². The molecule has 2 aromatic carbocycles. The molecule has 152 valence electrons. The molecular formula is C23H22N4O3. The van der Waals surface area contributed by atoms with Crippen molar-refractivity contribution in [2.75, 3.05) is 12.4 Å². The quantitative estimate of drug-likeness (QED) is 0.671. The first-order valence-electron chi connectivity index (χ1n) is 10.3. The first-order valence-corrected chi connectivity index (χ1v) is 10.3. The normalized spacial score (nSPS) is 16.9. The van der Waals surface area contributed by atoms with Gasteiger partial charge in [0, 0.05) is 18.7 Å². The second-order valence-corrected chi connectivity index (χ2v) is 7.97. The van der Waals surface area contributed by atoms with E-state index in [9.17, 15) is 14.4 Å². The van der Waals surface area contributed by atoms with E-state index in [1.807, 2.05) is 24.3 Å². The molecule has 1 aliphatic heterocycles. The summed E-state index contributed by atoms with van der Waals surface area (Å²) in [4.78, 5) is 43.1. The standard InChI is InChI=1S/C23H22N4O3/c1-26-21(29)16-12-11-14(13-17(16)22(26)30)20(28)25-23-24-18-9-5-6-10-19(18)27(23)15-7-3-2-4-8-15/h5-6,9-13,15H,2-4,7-8H2,1H3,(H,24,25,28). The van der Waals surface area contributed by atoms with Crippen molar-refractivity contribution in [3.63, 3.8) is 0 Å². The Labute approximate surface area is 173 Å². The minimum Gasteiger partial charge on any atom is -0.307 e. The molecular weight excluding hydrogens is 380 g/mol. The van der Waals surface area contributed by atoms with E-state index < -0.39 is 0 Å². The molecule has 0 atom stereocenters. The maximum absolute atomic E-state index is 13.0. The summed E-state index contributed by atoms with van der Waals surface area (Å²) in [5, 5.41) is 2.95. The number of nitrogens with zero attached hydrogens (tertiary/aromatic N) is 3. The van der Waals surface area contributed by atoms with Crippen LogP contribution in [0, 0.1) is 0 Å². The number of carbonyl (C=O) groups excluding carboxylic acids is 3. The summed E-state index contributed by atoms with van der Waals surface area (Å²) >= 11 is 0. The number of rotatable bonds is 3. The molecule has 3 amide bonds. The van der Waals surface area contributed by atoms with Crippen LogP contribution in [0.15, 0.2) is 42.5 Å². The highest BCUT2D eigenvalue weighted by Gasteiger charge is 2.33. The highest BCUT2D eigenvalue weighted by molar-refractivity contribution is 6.22. The Morgan fingerprint density at radius 1 is 1.00 bits per heavy atom. The third-order valence-electron chi connectivity index (χ3n) is 6.11. The lowest BCUT2D eigenvalue weighted by molar-refractivity contribution is 0.0693. The molecule has 30 heavy (non-hydrogen) atoms. The second-order valence-electron chi connectivity index (χ2n) is 7.97. The molecule has 1 saturated carbocycles. The Morgan fingerprint density at radius 2 is 1.73 bits per heavy atom. The lowest BCUT2D eigenvalue weighted by atomic mass is 9.95. The number of benzene rings is 2. The molecule has 1 aromatic heterocycles. The fourth-order valence-corrected chi connectivity index (χ4v) is 4.52. The van der Waals surface area contributed by atoms with Crippen molar-refractivity contribution in [3.05, 3.63) is 59.2 Å². The smallest absolute Gasteiger partial charge is 0.261 e. The summed E-state index contributed by atoms with van der Waals surface area (Å²) in [6.07, 6.45) is 5.69. The lowest BCUT2D eigenvalue weighted by Crippen LogP contribution is -2.24. The first-order chi connectivity index (χ1) is 14.5. The molecule has 3 aromatic rings. The summed E-state index contributed by atoms with van der Waals surface area (Å²) in [5.74, 6) is -0.562. The molecule has 1 N–H and O–H groups in total. The maximum atomic E-state index is 13.0. The van der Waals surface area contributed by atoms with Gasteiger partial charge < -0.3 is 4.57 Å². The van der Waals surface area contributed by atoms with Crippen LogP contribution in [-0.2, 0) is 0 Å². The van der Waals surface area contributed by atoms with Crippen molar-refractivity contribution >= 4 is 34.7 Å². The predicted octanol–water partition coefficient (Wildman–Crippen LogP) is 4.02. The number of imide groups is 1. The molecule has 1 aliphatic carbocycles. The van der Waals surface area contributed by atoms with Gasteiger partial charge >= 0.3 is 0 Å². The molecule has 2 aliphatic rings. The highest BCUT2D eigenvalue weighted by Crippen LogP contribution is 2.34. The van der Waals surface area contributed by atoms with Crippen molar-refractivity contribution in [3.8, 4) is 0 Å². The Balaban J connectivity index is 1.50. The predicted molar refractivity (Wildman–Crippen MR) is 113 cm³/mol. The van der Waals surface area contributed by atoms with Crippen LogP contribution in [-0.4, -0.2) is 39.2 Å². The molecule has 7 nitrogen and oxygen atoms in total. The number of carbonyl (C=O) groups is 3. The molecule has 1 fully saturated rings. The van der Waals surface area contributed by atoms with Crippen LogP contribution in [0.2, 0.25) is 0 Å². The molecule has 0 unspecified atom stereocenters. The number of nitrogens with one attached hydrogen (secondary N) is 1. The van der Waals surface area contributed by atoms with Gasteiger partial charge in [0.1, 0.15) is 0 Å². The Bertz CT molecular complexity index is 1190. The van der Waals surface area contributed by atoms with Gasteiger partial charge in [0.15, 0.2) is 0 Å². The third-order valence-corrected chi connectivity index (χ3v) is 6.11. The van der Waals surface area contributed by atoms with Crippen LogP contribution in [0.5, 0.6) is 0 Å². The summed E-state index contributed by atoms with van der Waals surface area (Å²) < 4.78 is 2.14. The molecule has 2 heterocycles. The van der Waals surface area contributed by atoms with Gasteiger partial charge in [-0.3, -0.25) is 24.6 Å². The molecule has 0 spiro atoms. The average molecular weight is 402 g/mol. The first kappa shape index (κ1) is 18.5. The Hall–Kier alpha value is -3.48. The minimum absolute atomic E-state index is 0.260. The fraction of sp³-hybridized carbons (Fsp3) is 0.304. The van der Waals surface area contributed by atoms with Crippen molar-refractivity contribution in [2.24, 2.45) is 0 Å². The highest BCUT2D eigenvalue weighted by atomic mass is 16.2. The second kappa shape index (κ2) is 7.09. The van der Waals surface area contributed by atoms with Gasteiger partial charge in [-0.25, -0.2) is 4.98 Å². The summed E-state index contributed by atoms with van der Waals surface area (Å²) in [5.41, 5.74) is 2.77. The number of fused-ring (bicyclic) bond motifs is 2. The summed E-state index contributed by atoms with van der Waals surface area (Å²) in [6.45, 7) is 0. The van der Waals surface area contributed by atoms with E-state index in [2.05, 4.69) is 14.9 Å². The van der Waals surface area contributed by atoms with Crippen LogP contribution in [0.3, 0.4) is 0 Å². The van der Waals surface area contributed by atoms with Crippen LogP contribution >= 0.6 is 0 Å². The summed E-state index contributed by atoms with van der Waals surface area (Å²) in [6, 6.07) is 12.8. The van der Waals surface area contributed by atoms with E-state index in [-0.39, 0.29) is 23.3 Å². The zero-order chi connectivity index (χ0) is 20.8. The van der Waals surface area contributed by atoms with Gasteiger partial charge in [-0.15, -0.1) is 0 Å². The van der Waals surface area contributed by atoms with E-state index in [1.165, 1.54) is 38.4 Å². The largest absolute Gasteiger partial charge is 0.307 e. The molecule has 0 bridgehead atoms. The van der Waals surface area contributed by atoms with E-state index in [1.54, 1.807) is 6.07 Å². The number of anilines is 1. The van der Waals surface area contributed by atoms with Crippen molar-refractivity contribution in [2.45, 2.75) is 38.1 Å². The van der Waals surface area contributed by atoms with Gasteiger partial charge in [0.2, 0.25) is 5.95 Å². The number of aromatic nitrogens is 2.